The van der Waals surface area contributed by atoms with Crippen LogP contribution in [0.25, 0.3) is 5.69 Å². The Labute approximate surface area is 137 Å². The third-order valence-corrected chi connectivity index (χ3v) is 4.77. The zero-order valence-electron chi connectivity index (χ0n) is 12.7. The van der Waals surface area contributed by atoms with Gasteiger partial charge in [-0.3, -0.25) is 0 Å². The lowest BCUT2D eigenvalue weighted by Gasteiger charge is -2.32. The molecule has 3 aromatic rings. The molecule has 1 aromatic carbocycles. The number of tetrazole rings is 1. The summed E-state index contributed by atoms with van der Waals surface area (Å²) in [6, 6.07) is 9.90. The van der Waals surface area contributed by atoms with Gasteiger partial charge in [-0.05, 0) is 29.5 Å². The molecule has 1 saturated heterocycles. The van der Waals surface area contributed by atoms with Crippen LogP contribution in [0.4, 0.5) is 5.95 Å². The Morgan fingerprint density at radius 2 is 2.13 bits per heavy atom. The summed E-state index contributed by atoms with van der Waals surface area (Å²) >= 11 is 1.63. The average molecular weight is 328 g/mol. The van der Waals surface area contributed by atoms with Crippen LogP contribution in [0.1, 0.15) is 16.8 Å². The van der Waals surface area contributed by atoms with E-state index in [0.29, 0.717) is 13.2 Å². The standard InChI is InChI=1S/C15H16N6OS/c1-11-10-23-14(16-11)13-9-20(7-8-22-13)15-17-18-19-21(15)12-5-3-2-4-6-12/h2-6,10,13H,7-9H2,1H3/t13-/m0/s1. The number of rotatable bonds is 3. The van der Waals surface area contributed by atoms with Crippen LogP contribution in [0.15, 0.2) is 35.7 Å². The molecule has 2 aromatic heterocycles. The minimum absolute atomic E-state index is 0.0385. The summed E-state index contributed by atoms with van der Waals surface area (Å²) in [5.74, 6) is 0.734. The SMILES string of the molecule is Cc1csc([C@@H]2CN(c3nnnn3-c3ccccc3)CCO2)n1. The summed E-state index contributed by atoms with van der Waals surface area (Å²) in [5, 5.41) is 15.2. The summed E-state index contributed by atoms with van der Waals surface area (Å²) in [6.07, 6.45) is -0.0385. The maximum absolute atomic E-state index is 5.88. The van der Waals surface area contributed by atoms with Crippen LogP contribution in [-0.4, -0.2) is 44.9 Å². The number of aryl methyl sites for hydroxylation is 1. The van der Waals surface area contributed by atoms with Gasteiger partial charge in [-0.2, -0.15) is 4.68 Å². The van der Waals surface area contributed by atoms with Crippen molar-refractivity contribution in [3.8, 4) is 5.69 Å². The van der Waals surface area contributed by atoms with Gasteiger partial charge in [0.15, 0.2) is 0 Å². The highest BCUT2D eigenvalue weighted by Crippen LogP contribution is 2.27. The van der Waals surface area contributed by atoms with Crippen molar-refractivity contribution in [2.24, 2.45) is 0 Å². The Morgan fingerprint density at radius 1 is 1.26 bits per heavy atom. The fourth-order valence-corrected chi connectivity index (χ4v) is 3.45. The second-order valence-corrected chi connectivity index (χ2v) is 6.25. The molecular weight excluding hydrogens is 312 g/mol. The van der Waals surface area contributed by atoms with Gasteiger partial charge in [0.05, 0.1) is 18.8 Å². The molecule has 8 heteroatoms. The first-order valence-corrected chi connectivity index (χ1v) is 8.31. The fraction of sp³-hybridized carbons (Fsp3) is 0.333. The molecule has 118 valence electrons. The molecule has 0 spiro atoms. The molecule has 23 heavy (non-hydrogen) atoms. The van der Waals surface area contributed by atoms with E-state index in [1.165, 1.54) is 0 Å². The number of hydrogen-bond acceptors (Lipinski definition) is 7. The monoisotopic (exact) mass is 328 g/mol. The molecular formula is C15H16N6OS. The zero-order valence-corrected chi connectivity index (χ0v) is 13.5. The second kappa shape index (κ2) is 6.05. The summed E-state index contributed by atoms with van der Waals surface area (Å²) < 4.78 is 7.64. The third kappa shape index (κ3) is 2.82. The van der Waals surface area contributed by atoms with Gasteiger partial charge in [0, 0.05) is 17.6 Å². The molecule has 0 aliphatic carbocycles. The number of thiazole rings is 1. The lowest BCUT2D eigenvalue weighted by Crippen LogP contribution is -2.39. The quantitative estimate of drug-likeness (QED) is 0.732. The van der Waals surface area contributed by atoms with E-state index in [0.717, 1.165) is 28.9 Å². The van der Waals surface area contributed by atoms with Crippen molar-refractivity contribution in [3.63, 3.8) is 0 Å². The van der Waals surface area contributed by atoms with E-state index in [4.69, 9.17) is 4.74 Å². The van der Waals surface area contributed by atoms with Gasteiger partial charge in [-0.25, -0.2) is 4.98 Å². The second-order valence-electron chi connectivity index (χ2n) is 5.36. The van der Waals surface area contributed by atoms with Crippen molar-refractivity contribution in [1.29, 1.82) is 0 Å². The number of nitrogens with zero attached hydrogens (tertiary/aromatic N) is 6. The number of ether oxygens (including phenoxy) is 1. The molecule has 1 aliphatic heterocycles. The molecule has 0 N–H and O–H groups in total. The average Bonchev–Trinajstić information content (AvgIpc) is 3.25. The lowest BCUT2D eigenvalue weighted by molar-refractivity contribution is 0.0388. The van der Waals surface area contributed by atoms with Crippen molar-refractivity contribution >= 4 is 17.3 Å². The number of anilines is 1. The third-order valence-electron chi connectivity index (χ3n) is 3.72. The molecule has 7 nitrogen and oxygen atoms in total. The highest BCUT2D eigenvalue weighted by Gasteiger charge is 2.27. The first-order valence-electron chi connectivity index (χ1n) is 7.43. The summed E-state index contributed by atoms with van der Waals surface area (Å²) in [4.78, 5) is 6.69. The van der Waals surface area contributed by atoms with Crippen molar-refractivity contribution < 1.29 is 4.74 Å². The molecule has 0 saturated carbocycles. The molecule has 0 unspecified atom stereocenters. The minimum Gasteiger partial charge on any atom is -0.367 e. The number of para-hydroxylation sites is 1. The van der Waals surface area contributed by atoms with E-state index >= 15 is 0 Å². The Balaban J connectivity index is 1.60. The lowest BCUT2D eigenvalue weighted by atomic mass is 10.3. The number of aromatic nitrogens is 5. The van der Waals surface area contributed by atoms with E-state index in [1.54, 1.807) is 16.0 Å². The van der Waals surface area contributed by atoms with Gasteiger partial charge >= 0.3 is 0 Å². The van der Waals surface area contributed by atoms with Gasteiger partial charge in [0.1, 0.15) is 11.1 Å². The van der Waals surface area contributed by atoms with E-state index < -0.39 is 0 Å². The predicted octanol–water partition coefficient (Wildman–Crippen LogP) is 2.01. The molecule has 3 heterocycles. The first-order chi connectivity index (χ1) is 11.3. The van der Waals surface area contributed by atoms with Crippen LogP contribution in [0.2, 0.25) is 0 Å². The molecule has 4 rings (SSSR count). The smallest absolute Gasteiger partial charge is 0.250 e. The maximum atomic E-state index is 5.88. The number of benzene rings is 1. The van der Waals surface area contributed by atoms with E-state index in [1.807, 2.05) is 42.6 Å². The molecule has 1 aliphatic rings. The molecule has 0 bridgehead atoms. The van der Waals surface area contributed by atoms with Crippen LogP contribution in [0.3, 0.4) is 0 Å². The van der Waals surface area contributed by atoms with Gasteiger partial charge in [-0.1, -0.05) is 23.3 Å². The van der Waals surface area contributed by atoms with Crippen LogP contribution < -0.4 is 4.90 Å². The Bertz CT molecular complexity index is 786. The highest BCUT2D eigenvalue weighted by molar-refractivity contribution is 7.09. The fourth-order valence-electron chi connectivity index (χ4n) is 2.62. The topological polar surface area (TPSA) is 69.0 Å². The predicted molar refractivity (Wildman–Crippen MR) is 86.9 cm³/mol. The van der Waals surface area contributed by atoms with Gasteiger partial charge < -0.3 is 9.64 Å². The summed E-state index contributed by atoms with van der Waals surface area (Å²) in [5.41, 5.74) is 1.97. The molecule has 0 amide bonds. The van der Waals surface area contributed by atoms with Crippen LogP contribution in [0, 0.1) is 6.92 Å². The normalized spacial score (nSPS) is 18.3. The largest absolute Gasteiger partial charge is 0.367 e. The number of morpholine rings is 1. The molecule has 0 radical (unpaired) electrons. The van der Waals surface area contributed by atoms with Crippen LogP contribution >= 0.6 is 11.3 Å². The van der Waals surface area contributed by atoms with E-state index in [-0.39, 0.29) is 6.10 Å². The molecule has 1 fully saturated rings. The Hall–Kier alpha value is -2.32. The zero-order chi connectivity index (χ0) is 15.6. The highest BCUT2D eigenvalue weighted by atomic mass is 32.1. The van der Waals surface area contributed by atoms with Crippen LogP contribution in [0.5, 0.6) is 0 Å². The van der Waals surface area contributed by atoms with Crippen LogP contribution in [-0.2, 0) is 4.74 Å². The summed E-state index contributed by atoms with van der Waals surface area (Å²) in [7, 11) is 0. The van der Waals surface area contributed by atoms with Gasteiger partial charge in [0.2, 0.25) is 0 Å². The Morgan fingerprint density at radius 3 is 2.91 bits per heavy atom. The first kappa shape index (κ1) is 14.3. The van der Waals surface area contributed by atoms with Crippen molar-refractivity contribution in [1.82, 2.24) is 25.2 Å². The Kier molecular flexibility index (Phi) is 3.76. The van der Waals surface area contributed by atoms with Crippen molar-refractivity contribution in [3.05, 3.63) is 46.4 Å². The van der Waals surface area contributed by atoms with Gasteiger partial charge in [0.25, 0.3) is 5.95 Å². The maximum Gasteiger partial charge on any atom is 0.250 e. The number of hydrogen-bond donors (Lipinski definition) is 0. The molecule has 1 atom stereocenters. The van der Waals surface area contributed by atoms with E-state index in [9.17, 15) is 0 Å². The van der Waals surface area contributed by atoms with Crippen molar-refractivity contribution in [2.75, 3.05) is 24.6 Å². The van der Waals surface area contributed by atoms with E-state index in [2.05, 4.69) is 25.4 Å². The summed E-state index contributed by atoms with van der Waals surface area (Å²) in [6.45, 7) is 4.08. The van der Waals surface area contributed by atoms with Crippen molar-refractivity contribution in [2.45, 2.75) is 13.0 Å². The van der Waals surface area contributed by atoms with Gasteiger partial charge in [-0.15, -0.1) is 11.3 Å². The minimum atomic E-state index is -0.0385.